The first-order valence-electron chi connectivity index (χ1n) is 5.36. The van der Waals surface area contributed by atoms with E-state index in [2.05, 4.69) is 0 Å². The van der Waals surface area contributed by atoms with Gasteiger partial charge in [-0.05, 0) is 13.1 Å². The summed E-state index contributed by atoms with van der Waals surface area (Å²) in [5.74, 6) is -4.79. The normalized spacial score (nSPS) is 12.8. The van der Waals surface area contributed by atoms with Crippen LogP contribution in [-0.4, -0.2) is 29.6 Å². The lowest BCUT2D eigenvalue weighted by Crippen LogP contribution is -2.28. The molecule has 0 aromatic heterocycles. The van der Waals surface area contributed by atoms with Crippen molar-refractivity contribution in [1.29, 1.82) is 0 Å². The molecule has 0 heterocycles. The highest BCUT2D eigenvalue weighted by atomic mass is 19.2. The molecule has 18 heavy (non-hydrogen) atoms. The molecule has 1 atom stereocenters. The molecule has 0 fully saturated rings. The van der Waals surface area contributed by atoms with E-state index in [1.165, 1.54) is 11.8 Å². The highest BCUT2D eigenvalue weighted by molar-refractivity contribution is 5.69. The quantitative estimate of drug-likeness (QED) is 0.826. The van der Waals surface area contributed by atoms with Gasteiger partial charge in [0.05, 0.1) is 5.92 Å². The summed E-state index contributed by atoms with van der Waals surface area (Å²) < 4.78 is 39.0. The molecule has 0 amide bonds. The van der Waals surface area contributed by atoms with Crippen LogP contribution in [0.25, 0.3) is 0 Å². The zero-order valence-electron chi connectivity index (χ0n) is 10.1. The molecule has 1 unspecified atom stereocenters. The standard InChI is InChI=1S/C12H14F3NO2/c1-7(12(17)18)5-16(2)6-8-3-10(14)11(15)4-9(8)13/h3-4,7H,5-6H2,1-2H3,(H,17,18). The molecule has 3 nitrogen and oxygen atoms in total. The minimum atomic E-state index is -1.24. The molecule has 100 valence electrons. The van der Waals surface area contributed by atoms with Crippen LogP contribution in [0.15, 0.2) is 12.1 Å². The highest BCUT2D eigenvalue weighted by Gasteiger charge is 2.16. The van der Waals surface area contributed by atoms with Crippen LogP contribution in [0, 0.1) is 23.4 Å². The molecule has 0 aliphatic carbocycles. The molecule has 6 heteroatoms. The average Bonchev–Trinajstić information content (AvgIpc) is 2.25. The monoisotopic (exact) mass is 261 g/mol. The van der Waals surface area contributed by atoms with E-state index in [4.69, 9.17) is 5.11 Å². The number of hydrogen-bond donors (Lipinski definition) is 1. The molecular formula is C12H14F3NO2. The van der Waals surface area contributed by atoms with Crippen molar-refractivity contribution < 1.29 is 23.1 Å². The fourth-order valence-electron chi connectivity index (χ4n) is 1.59. The molecule has 0 saturated heterocycles. The molecule has 0 spiro atoms. The minimum absolute atomic E-state index is 0.00557. The fraction of sp³-hybridized carbons (Fsp3) is 0.417. The van der Waals surface area contributed by atoms with Crippen molar-refractivity contribution in [3.8, 4) is 0 Å². The van der Waals surface area contributed by atoms with Crippen molar-refractivity contribution >= 4 is 5.97 Å². The summed E-state index contributed by atoms with van der Waals surface area (Å²) in [6.45, 7) is 1.72. The minimum Gasteiger partial charge on any atom is -0.481 e. The summed E-state index contributed by atoms with van der Waals surface area (Å²) in [7, 11) is 1.58. The third kappa shape index (κ3) is 3.73. The lowest BCUT2D eigenvalue weighted by molar-refractivity contribution is -0.141. The van der Waals surface area contributed by atoms with Crippen molar-refractivity contribution in [2.24, 2.45) is 5.92 Å². The van der Waals surface area contributed by atoms with Gasteiger partial charge in [0.2, 0.25) is 0 Å². The van der Waals surface area contributed by atoms with Crippen molar-refractivity contribution in [2.45, 2.75) is 13.5 Å². The van der Waals surface area contributed by atoms with Gasteiger partial charge in [0.1, 0.15) is 5.82 Å². The molecule has 0 aliphatic rings. The third-order valence-electron chi connectivity index (χ3n) is 2.54. The Labute approximate surface area is 103 Å². The third-order valence-corrected chi connectivity index (χ3v) is 2.54. The number of carboxylic acids is 1. The summed E-state index contributed by atoms with van der Waals surface area (Å²) >= 11 is 0. The number of benzene rings is 1. The predicted octanol–water partition coefficient (Wildman–Crippen LogP) is 2.26. The number of hydrogen-bond acceptors (Lipinski definition) is 2. The maximum absolute atomic E-state index is 13.3. The zero-order valence-corrected chi connectivity index (χ0v) is 10.1. The van der Waals surface area contributed by atoms with Gasteiger partial charge in [-0.3, -0.25) is 4.79 Å². The Balaban J connectivity index is 2.73. The maximum atomic E-state index is 13.3. The second-order valence-corrected chi connectivity index (χ2v) is 4.29. The van der Waals surface area contributed by atoms with Gasteiger partial charge in [-0.25, -0.2) is 13.2 Å². The van der Waals surface area contributed by atoms with Crippen LogP contribution in [0.2, 0.25) is 0 Å². The Morgan fingerprint density at radius 3 is 2.39 bits per heavy atom. The largest absolute Gasteiger partial charge is 0.481 e. The first-order chi connectivity index (χ1) is 8.31. The van der Waals surface area contributed by atoms with E-state index in [0.717, 1.165) is 6.07 Å². The Morgan fingerprint density at radius 2 is 1.83 bits per heavy atom. The lowest BCUT2D eigenvalue weighted by Gasteiger charge is -2.19. The van der Waals surface area contributed by atoms with E-state index in [-0.39, 0.29) is 18.7 Å². The number of halogens is 3. The number of rotatable bonds is 5. The summed E-state index contributed by atoms with van der Waals surface area (Å²) in [5, 5.41) is 8.72. The molecule has 0 aliphatic heterocycles. The Morgan fingerprint density at radius 1 is 1.28 bits per heavy atom. The van der Waals surface area contributed by atoms with Crippen LogP contribution < -0.4 is 0 Å². The Hall–Kier alpha value is -1.56. The maximum Gasteiger partial charge on any atom is 0.307 e. The van der Waals surface area contributed by atoms with Crippen molar-refractivity contribution in [3.63, 3.8) is 0 Å². The van der Waals surface area contributed by atoms with Gasteiger partial charge in [0.25, 0.3) is 0 Å². The van der Waals surface area contributed by atoms with Crippen LogP contribution in [-0.2, 0) is 11.3 Å². The first-order valence-corrected chi connectivity index (χ1v) is 5.36. The van der Waals surface area contributed by atoms with E-state index in [1.54, 1.807) is 7.05 Å². The van der Waals surface area contributed by atoms with E-state index < -0.39 is 29.3 Å². The number of carbonyl (C=O) groups is 1. The van der Waals surface area contributed by atoms with Gasteiger partial charge in [-0.15, -0.1) is 0 Å². The Kier molecular flexibility index (Phi) is 4.72. The van der Waals surface area contributed by atoms with Gasteiger partial charge >= 0.3 is 5.97 Å². The number of nitrogens with zero attached hydrogens (tertiary/aromatic N) is 1. The van der Waals surface area contributed by atoms with Crippen LogP contribution in [0.1, 0.15) is 12.5 Å². The summed E-state index contributed by atoms with van der Waals surface area (Å²) in [6.07, 6.45) is 0. The van der Waals surface area contributed by atoms with Gasteiger partial charge in [0.15, 0.2) is 11.6 Å². The molecule has 0 radical (unpaired) electrons. The molecule has 1 aromatic carbocycles. The van der Waals surface area contributed by atoms with Gasteiger partial charge in [-0.1, -0.05) is 6.92 Å². The summed E-state index contributed by atoms with van der Waals surface area (Å²) in [6, 6.07) is 1.27. The van der Waals surface area contributed by atoms with E-state index >= 15 is 0 Å². The van der Waals surface area contributed by atoms with E-state index in [0.29, 0.717) is 6.07 Å². The predicted molar refractivity (Wildman–Crippen MR) is 59.4 cm³/mol. The van der Waals surface area contributed by atoms with E-state index in [9.17, 15) is 18.0 Å². The van der Waals surface area contributed by atoms with Crippen molar-refractivity contribution in [3.05, 3.63) is 35.1 Å². The topological polar surface area (TPSA) is 40.5 Å². The van der Waals surface area contributed by atoms with Crippen molar-refractivity contribution in [2.75, 3.05) is 13.6 Å². The average molecular weight is 261 g/mol. The molecule has 1 rings (SSSR count). The van der Waals surface area contributed by atoms with Crippen LogP contribution in [0.4, 0.5) is 13.2 Å². The van der Waals surface area contributed by atoms with Gasteiger partial charge in [-0.2, -0.15) is 0 Å². The summed E-state index contributed by atoms with van der Waals surface area (Å²) in [5.41, 5.74) is -0.00557. The first kappa shape index (κ1) is 14.5. The molecule has 0 saturated carbocycles. The smallest absolute Gasteiger partial charge is 0.307 e. The van der Waals surface area contributed by atoms with Crippen molar-refractivity contribution in [1.82, 2.24) is 4.90 Å². The molecule has 0 bridgehead atoms. The molecular weight excluding hydrogens is 247 g/mol. The highest BCUT2D eigenvalue weighted by Crippen LogP contribution is 2.15. The van der Waals surface area contributed by atoms with E-state index in [1.807, 2.05) is 0 Å². The molecule has 1 N–H and O–H groups in total. The molecule has 1 aromatic rings. The van der Waals surface area contributed by atoms with Crippen LogP contribution >= 0.6 is 0 Å². The lowest BCUT2D eigenvalue weighted by atomic mass is 10.1. The van der Waals surface area contributed by atoms with Gasteiger partial charge in [0, 0.05) is 24.7 Å². The SMILES string of the molecule is CC(CN(C)Cc1cc(F)c(F)cc1F)C(=O)O. The van der Waals surface area contributed by atoms with Crippen LogP contribution in [0.5, 0.6) is 0 Å². The number of carboxylic acid groups (broad SMARTS) is 1. The van der Waals surface area contributed by atoms with Gasteiger partial charge < -0.3 is 10.0 Å². The van der Waals surface area contributed by atoms with Crippen LogP contribution in [0.3, 0.4) is 0 Å². The second-order valence-electron chi connectivity index (χ2n) is 4.29. The number of aliphatic carboxylic acids is 1. The fourth-order valence-corrected chi connectivity index (χ4v) is 1.59. The second kappa shape index (κ2) is 5.86. The Bertz CT molecular complexity index is 451. The summed E-state index contributed by atoms with van der Waals surface area (Å²) in [4.78, 5) is 12.2. The zero-order chi connectivity index (χ0) is 13.9.